The lowest BCUT2D eigenvalue weighted by atomic mass is 10.1. The fourth-order valence-electron chi connectivity index (χ4n) is 3.45. The summed E-state index contributed by atoms with van der Waals surface area (Å²) in [6.45, 7) is 8.24. The number of carbonyl (C=O) groups excluding carboxylic acids is 2. The topological polar surface area (TPSA) is 80.1 Å². The molecule has 2 aliphatic heterocycles. The third-order valence-corrected chi connectivity index (χ3v) is 4.55. The lowest BCUT2D eigenvalue weighted by molar-refractivity contribution is -0.129. The number of hydrogen-bond donors (Lipinski definition) is 1. The van der Waals surface area contributed by atoms with Crippen LogP contribution in [0.25, 0.3) is 0 Å². The summed E-state index contributed by atoms with van der Waals surface area (Å²) in [6.07, 6.45) is 2.35. The van der Waals surface area contributed by atoms with Crippen molar-refractivity contribution in [1.82, 2.24) is 25.0 Å². The highest BCUT2D eigenvalue weighted by atomic mass is 16.2. The zero-order valence-electron chi connectivity index (χ0n) is 14.1. The number of nitrogens with one attached hydrogen (secondary N) is 1. The number of fused-ring (bicyclic) bond motifs is 1. The first kappa shape index (κ1) is 16.0. The second-order valence-electron chi connectivity index (χ2n) is 7.05. The Labute approximate surface area is 136 Å². The first-order chi connectivity index (χ1) is 11.0. The van der Waals surface area contributed by atoms with Gasteiger partial charge in [0, 0.05) is 32.5 Å². The molecule has 0 radical (unpaired) electrons. The van der Waals surface area contributed by atoms with Crippen LogP contribution >= 0.6 is 0 Å². The quantitative estimate of drug-likeness (QED) is 0.874. The van der Waals surface area contributed by atoms with Crippen LogP contribution in [0.2, 0.25) is 0 Å². The molecule has 1 saturated heterocycles. The van der Waals surface area contributed by atoms with E-state index in [4.69, 9.17) is 0 Å². The van der Waals surface area contributed by atoms with Gasteiger partial charge in [-0.15, -0.1) is 10.2 Å². The summed E-state index contributed by atoms with van der Waals surface area (Å²) in [4.78, 5) is 26.3. The molecule has 0 saturated carbocycles. The van der Waals surface area contributed by atoms with Gasteiger partial charge in [-0.25, -0.2) is 0 Å². The second kappa shape index (κ2) is 6.29. The van der Waals surface area contributed by atoms with Crippen LogP contribution in [0, 0.1) is 11.8 Å². The lowest BCUT2D eigenvalue weighted by Crippen LogP contribution is -2.36. The number of aryl methyl sites for hydroxylation is 1. The Kier molecular flexibility index (Phi) is 4.37. The van der Waals surface area contributed by atoms with Gasteiger partial charge in [0.25, 0.3) is 0 Å². The van der Waals surface area contributed by atoms with Gasteiger partial charge in [0.05, 0.1) is 12.0 Å². The summed E-state index contributed by atoms with van der Waals surface area (Å²) in [5.41, 5.74) is 0. The lowest BCUT2D eigenvalue weighted by Gasteiger charge is -2.19. The van der Waals surface area contributed by atoms with Crippen molar-refractivity contribution in [3.8, 4) is 0 Å². The maximum Gasteiger partial charge on any atom is 0.226 e. The predicted octanol–water partition coefficient (Wildman–Crippen LogP) is 0.906. The van der Waals surface area contributed by atoms with Gasteiger partial charge in [-0.1, -0.05) is 13.8 Å². The van der Waals surface area contributed by atoms with E-state index in [0.29, 0.717) is 18.9 Å². The Hall–Kier alpha value is -1.92. The summed E-state index contributed by atoms with van der Waals surface area (Å²) in [5.74, 6) is 1.99. The molecule has 2 atom stereocenters. The minimum absolute atomic E-state index is 0.0625. The molecule has 3 heterocycles. The standard InChI is InChI=1S/C16H25N5O2/c1-10(2)8-20-9-12(7-14(20)22)16(23)17-11(3)15-19-18-13-5-4-6-21(13)15/h10-12H,4-9H2,1-3H3,(H,17,23)/t11-,12-/m1/s1. The van der Waals surface area contributed by atoms with Crippen LogP contribution in [-0.2, 0) is 22.6 Å². The molecule has 0 spiro atoms. The molecule has 1 N–H and O–H groups in total. The molecule has 1 aromatic heterocycles. The predicted molar refractivity (Wildman–Crippen MR) is 84.4 cm³/mol. The van der Waals surface area contributed by atoms with Crippen molar-refractivity contribution in [3.63, 3.8) is 0 Å². The van der Waals surface area contributed by atoms with Gasteiger partial charge in [0.1, 0.15) is 5.82 Å². The number of carbonyl (C=O) groups is 2. The van der Waals surface area contributed by atoms with Gasteiger partial charge in [0.15, 0.2) is 5.82 Å². The Bertz CT molecular complexity index is 610. The number of aromatic nitrogens is 3. The van der Waals surface area contributed by atoms with Gasteiger partial charge in [0.2, 0.25) is 11.8 Å². The van der Waals surface area contributed by atoms with E-state index in [1.54, 1.807) is 4.90 Å². The van der Waals surface area contributed by atoms with E-state index in [9.17, 15) is 9.59 Å². The number of amides is 2. The van der Waals surface area contributed by atoms with Crippen LogP contribution in [0.1, 0.15) is 51.3 Å². The highest BCUT2D eigenvalue weighted by Gasteiger charge is 2.35. The van der Waals surface area contributed by atoms with E-state index >= 15 is 0 Å². The third-order valence-electron chi connectivity index (χ3n) is 4.55. The molecular formula is C16H25N5O2. The average molecular weight is 319 g/mol. The van der Waals surface area contributed by atoms with Crippen molar-refractivity contribution in [2.24, 2.45) is 11.8 Å². The maximum absolute atomic E-state index is 12.5. The molecule has 126 valence electrons. The van der Waals surface area contributed by atoms with Crippen LogP contribution in [0.3, 0.4) is 0 Å². The number of rotatable bonds is 5. The Morgan fingerprint density at radius 3 is 2.87 bits per heavy atom. The van der Waals surface area contributed by atoms with Crippen molar-refractivity contribution in [3.05, 3.63) is 11.6 Å². The molecule has 7 nitrogen and oxygen atoms in total. The molecule has 0 unspecified atom stereocenters. The molecule has 2 amide bonds. The summed E-state index contributed by atoms with van der Waals surface area (Å²) in [6, 6.07) is -0.184. The molecule has 0 aromatic carbocycles. The van der Waals surface area contributed by atoms with Gasteiger partial charge in [-0.3, -0.25) is 9.59 Å². The highest BCUT2D eigenvalue weighted by Crippen LogP contribution is 2.22. The maximum atomic E-state index is 12.5. The monoisotopic (exact) mass is 319 g/mol. The van der Waals surface area contributed by atoms with Crippen molar-refractivity contribution in [2.75, 3.05) is 13.1 Å². The van der Waals surface area contributed by atoms with Gasteiger partial charge in [-0.2, -0.15) is 0 Å². The smallest absolute Gasteiger partial charge is 0.226 e. The van der Waals surface area contributed by atoms with Crippen LogP contribution < -0.4 is 5.32 Å². The SMILES string of the molecule is CC(C)CN1C[C@H](C(=O)N[C@H](C)c2nnc3n2CCC3)CC1=O. The zero-order chi connectivity index (χ0) is 16.6. The molecule has 0 aliphatic carbocycles. The zero-order valence-corrected chi connectivity index (χ0v) is 14.1. The Balaban J connectivity index is 1.60. The first-order valence-corrected chi connectivity index (χ1v) is 8.45. The molecule has 3 rings (SSSR count). The minimum atomic E-state index is -0.260. The first-order valence-electron chi connectivity index (χ1n) is 8.45. The minimum Gasteiger partial charge on any atom is -0.346 e. The van der Waals surface area contributed by atoms with Crippen molar-refractivity contribution in [2.45, 2.75) is 52.6 Å². The summed E-state index contributed by atoms with van der Waals surface area (Å²) >= 11 is 0. The summed E-state index contributed by atoms with van der Waals surface area (Å²) < 4.78 is 2.09. The van der Waals surface area contributed by atoms with Crippen LogP contribution in [0.5, 0.6) is 0 Å². The molecule has 23 heavy (non-hydrogen) atoms. The van der Waals surface area contributed by atoms with E-state index in [2.05, 4.69) is 33.9 Å². The van der Waals surface area contributed by atoms with E-state index in [0.717, 1.165) is 37.6 Å². The normalized spacial score (nSPS) is 21.8. The van der Waals surface area contributed by atoms with Crippen molar-refractivity contribution >= 4 is 11.8 Å². The Morgan fingerprint density at radius 2 is 2.13 bits per heavy atom. The fourth-order valence-corrected chi connectivity index (χ4v) is 3.45. The average Bonchev–Trinajstić information content (AvgIpc) is 3.14. The largest absolute Gasteiger partial charge is 0.346 e. The van der Waals surface area contributed by atoms with Crippen LogP contribution in [-0.4, -0.2) is 44.6 Å². The third kappa shape index (κ3) is 3.23. The van der Waals surface area contributed by atoms with Crippen LogP contribution in [0.4, 0.5) is 0 Å². The van der Waals surface area contributed by atoms with Gasteiger partial charge < -0.3 is 14.8 Å². The molecular weight excluding hydrogens is 294 g/mol. The molecule has 1 fully saturated rings. The second-order valence-corrected chi connectivity index (χ2v) is 7.05. The highest BCUT2D eigenvalue weighted by molar-refractivity contribution is 5.89. The van der Waals surface area contributed by atoms with Crippen molar-refractivity contribution in [1.29, 1.82) is 0 Å². The van der Waals surface area contributed by atoms with Crippen molar-refractivity contribution < 1.29 is 9.59 Å². The number of nitrogens with zero attached hydrogens (tertiary/aromatic N) is 4. The number of hydrogen-bond acceptors (Lipinski definition) is 4. The van der Waals surface area contributed by atoms with E-state index in [-0.39, 0.29) is 23.8 Å². The van der Waals surface area contributed by atoms with E-state index in [1.165, 1.54) is 0 Å². The van der Waals surface area contributed by atoms with Gasteiger partial charge in [-0.05, 0) is 19.3 Å². The fraction of sp³-hybridized carbons (Fsp3) is 0.750. The van der Waals surface area contributed by atoms with E-state index < -0.39 is 0 Å². The molecule has 7 heteroatoms. The molecule has 1 aromatic rings. The Morgan fingerprint density at radius 1 is 1.35 bits per heavy atom. The van der Waals surface area contributed by atoms with Crippen LogP contribution in [0.15, 0.2) is 0 Å². The van der Waals surface area contributed by atoms with E-state index in [1.807, 2.05) is 6.92 Å². The summed E-state index contributed by atoms with van der Waals surface area (Å²) in [7, 11) is 0. The summed E-state index contributed by atoms with van der Waals surface area (Å²) in [5, 5.41) is 11.4. The molecule has 2 aliphatic rings. The number of likely N-dealkylation sites (tertiary alicyclic amines) is 1. The molecule has 0 bridgehead atoms. The van der Waals surface area contributed by atoms with Gasteiger partial charge >= 0.3 is 0 Å².